The second-order valence-electron chi connectivity index (χ2n) is 4.46. The summed E-state index contributed by atoms with van der Waals surface area (Å²) in [7, 11) is 0. The Balaban J connectivity index is 1.90. The molecule has 1 atom stereocenters. The van der Waals surface area contributed by atoms with Gasteiger partial charge in [-0.1, -0.05) is 0 Å². The fourth-order valence-electron chi connectivity index (χ4n) is 2.30. The zero-order valence-electron chi connectivity index (χ0n) is 9.73. The van der Waals surface area contributed by atoms with Crippen LogP contribution in [0, 0.1) is 0 Å². The fourth-order valence-corrected chi connectivity index (χ4v) is 2.30. The van der Waals surface area contributed by atoms with E-state index in [2.05, 4.69) is 5.32 Å². The molecule has 90 valence electrons. The van der Waals surface area contributed by atoms with Crippen molar-refractivity contribution in [1.29, 1.82) is 0 Å². The molecule has 1 aliphatic carbocycles. The summed E-state index contributed by atoms with van der Waals surface area (Å²) in [5, 5.41) is 2.64. The average Bonchev–Trinajstić information content (AvgIpc) is 2.17. The monoisotopic (exact) mass is 226 g/mol. The molecule has 0 aromatic heterocycles. The Bertz CT molecular complexity index is 300. The molecule has 2 aliphatic rings. The third kappa shape index (κ3) is 2.04. The lowest BCUT2D eigenvalue weighted by molar-refractivity contribution is -0.151. The van der Waals surface area contributed by atoms with Crippen molar-refractivity contribution in [2.45, 2.75) is 44.9 Å². The van der Waals surface area contributed by atoms with Crippen LogP contribution in [0.25, 0.3) is 0 Å². The number of nitrogens with one attached hydrogen (secondary N) is 1. The predicted octanol–water partition coefficient (Wildman–Crippen LogP) is -0.0992. The van der Waals surface area contributed by atoms with Crippen LogP contribution in [0.3, 0.4) is 0 Å². The Morgan fingerprint density at radius 3 is 2.75 bits per heavy atom. The Morgan fingerprint density at radius 1 is 1.44 bits per heavy atom. The first-order chi connectivity index (χ1) is 7.61. The van der Waals surface area contributed by atoms with Crippen molar-refractivity contribution in [2.24, 2.45) is 0 Å². The molecule has 1 heterocycles. The highest BCUT2D eigenvalue weighted by Gasteiger charge is 2.40. The maximum atomic E-state index is 11.8. The number of hydrogen-bond donors (Lipinski definition) is 1. The van der Waals surface area contributed by atoms with Gasteiger partial charge in [-0.25, -0.2) is 0 Å². The second kappa shape index (κ2) is 4.41. The Morgan fingerprint density at radius 2 is 2.12 bits per heavy atom. The molecule has 5 nitrogen and oxygen atoms in total. The molecule has 16 heavy (non-hydrogen) atoms. The van der Waals surface area contributed by atoms with Gasteiger partial charge in [0.05, 0.1) is 12.6 Å². The lowest BCUT2D eigenvalue weighted by Crippen LogP contribution is -2.62. The maximum Gasteiger partial charge on any atom is 0.245 e. The molecule has 1 unspecified atom stereocenters. The van der Waals surface area contributed by atoms with E-state index in [9.17, 15) is 9.59 Å². The number of hydrogen-bond acceptors (Lipinski definition) is 3. The van der Waals surface area contributed by atoms with Gasteiger partial charge in [0.1, 0.15) is 6.04 Å². The molecule has 2 fully saturated rings. The van der Waals surface area contributed by atoms with Gasteiger partial charge in [-0.2, -0.15) is 0 Å². The number of carbonyl (C=O) groups is 2. The van der Waals surface area contributed by atoms with E-state index in [0.29, 0.717) is 6.61 Å². The summed E-state index contributed by atoms with van der Waals surface area (Å²) in [6.07, 6.45) is 1.99. The van der Waals surface area contributed by atoms with Crippen molar-refractivity contribution in [3.8, 4) is 0 Å². The molecule has 1 aliphatic heterocycles. The van der Waals surface area contributed by atoms with Crippen LogP contribution < -0.4 is 5.32 Å². The highest BCUT2D eigenvalue weighted by atomic mass is 16.5. The third-order valence-corrected chi connectivity index (χ3v) is 3.26. The van der Waals surface area contributed by atoms with Gasteiger partial charge in [0.15, 0.2) is 0 Å². The van der Waals surface area contributed by atoms with Crippen LogP contribution in [0.1, 0.15) is 26.7 Å². The summed E-state index contributed by atoms with van der Waals surface area (Å²) in [6.45, 7) is 4.61. The van der Waals surface area contributed by atoms with Crippen LogP contribution in [0.4, 0.5) is 0 Å². The minimum atomic E-state index is -0.382. The van der Waals surface area contributed by atoms with E-state index in [4.69, 9.17) is 4.74 Å². The lowest BCUT2D eigenvalue weighted by atomic mass is 9.87. The van der Waals surface area contributed by atoms with Crippen LogP contribution in [-0.2, 0) is 14.3 Å². The highest BCUT2D eigenvalue weighted by Crippen LogP contribution is 2.29. The topological polar surface area (TPSA) is 58.6 Å². The summed E-state index contributed by atoms with van der Waals surface area (Å²) >= 11 is 0. The van der Waals surface area contributed by atoms with E-state index < -0.39 is 0 Å². The van der Waals surface area contributed by atoms with Crippen molar-refractivity contribution < 1.29 is 14.3 Å². The molecule has 0 spiro atoms. The number of nitrogens with zero attached hydrogens (tertiary/aromatic N) is 1. The number of piperazine rings is 1. The normalized spacial score (nSPS) is 34.6. The Hall–Kier alpha value is -1.10. The number of amides is 2. The second-order valence-corrected chi connectivity index (χ2v) is 4.46. The molecular formula is C11H18N2O3. The molecule has 5 heteroatoms. The summed E-state index contributed by atoms with van der Waals surface area (Å²) in [5.41, 5.74) is 0. The first-order valence-electron chi connectivity index (χ1n) is 5.83. The van der Waals surface area contributed by atoms with Gasteiger partial charge in [0.2, 0.25) is 11.8 Å². The number of rotatable bonds is 3. The van der Waals surface area contributed by atoms with Crippen LogP contribution in [-0.4, -0.2) is 48.1 Å². The SMILES string of the molecule is CCOC1CC(N2CC(=O)NC(C)C2=O)C1. The molecule has 2 amide bonds. The van der Waals surface area contributed by atoms with E-state index >= 15 is 0 Å². The number of carbonyl (C=O) groups excluding carboxylic acids is 2. The Kier molecular flexibility index (Phi) is 3.14. The minimum Gasteiger partial charge on any atom is -0.378 e. The molecule has 1 saturated heterocycles. The lowest BCUT2D eigenvalue weighted by Gasteiger charge is -2.44. The molecule has 0 aromatic carbocycles. The molecule has 0 radical (unpaired) electrons. The molecule has 0 aromatic rings. The first-order valence-corrected chi connectivity index (χ1v) is 5.83. The Labute approximate surface area is 95.1 Å². The molecule has 2 rings (SSSR count). The van der Waals surface area contributed by atoms with Crippen LogP contribution in [0.2, 0.25) is 0 Å². The zero-order chi connectivity index (χ0) is 11.7. The minimum absolute atomic E-state index is 0.0274. The smallest absolute Gasteiger partial charge is 0.245 e. The van der Waals surface area contributed by atoms with Gasteiger partial charge >= 0.3 is 0 Å². The van der Waals surface area contributed by atoms with Gasteiger partial charge in [0, 0.05) is 12.6 Å². The van der Waals surface area contributed by atoms with Gasteiger partial charge in [-0.15, -0.1) is 0 Å². The fraction of sp³-hybridized carbons (Fsp3) is 0.818. The van der Waals surface area contributed by atoms with Gasteiger partial charge < -0.3 is 15.0 Å². The van der Waals surface area contributed by atoms with Gasteiger partial charge in [0.25, 0.3) is 0 Å². The quantitative estimate of drug-likeness (QED) is 0.731. The zero-order valence-corrected chi connectivity index (χ0v) is 9.73. The van der Waals surface area contributed by atoms with Crippen LogP contribution in [0.15, 0.2) is 0 Å². The van der Waals surface area contributed by atoms with Crippen molar-refractivity contribution in [3.63, 3.8) is 0 Å². The van der Waals surface area contributed by atoms with Crippen molar-refractivity contribution in [2.75, 3.05) is 13.2 Å². The molecule has 1 saturated carbocycles. The maximum absolute atomic E-state index is 11.8. The predicted molar refractivity (Wildman–Crippen MR) is 57.8 cm³/mol. The standard InChI is InChI=1S/C11H18N2O3/c1-3-16-9-4-8(5-9)13-6-10(14)12-7(2)11(13)15/h7-9H,3-6H2,1-2H3,(H,12,14). The molecule has 0 bridgehead atoms. The molecular weight excluding hydrogens is 208 g/mol. The summed E-state index contributed by atoms with van der Waals surface area (Å²) < 4.78 is 5.45. The number of ether oxygens (including phenoxy) is 1. The van der Waals surface area contributed by atoms with Gasteiger partial charge in [-0.3, -0.25) is 9.59 Å². The highest BCUT2D eigenvalue weighted by molar-refractivity contribution is 5.94. The largest absolute Gasteiger partial charge is 0.378 e. The van der Waals surface area contributed by atoms with Crippen LogP contribution >= 0.6 is 0 Å². The van der Waals surface area contributed by atoms with E-state index in [1.165, 1.54) is 0 Å². The van der Waals surface area contributed by atoms with Crippen molar-refractivity contribution >= 4 is 11.8 Å². The third-order valence-electron chi connectivity index (χ3n) is 3.26. The summed E-state index contributed by atoms with van der Waals surface area (Å²) in [4.78, 5) is 24.9. The van der Waals surface area contributed by atoms with Gasteiger partial charge in [-0.05, 0) is 26.7 Å². The average molecular weight is 226 g/mol. The van der Waals surface area contributed by atoms with E-state index in [-0.39, 0.29) is 36.5 Å². The van der Waals surface area contributed by atoms with Crippen molar-refractivity contribution in [1.82, 2.24) is 10.2 Å². The van der Waals surface area contributed by atoms with E-state index in [1.54, 1.807) is 11.8 Å². The van der Waals surface area contributed by atoms with Crippen LogP contribution in [0.5, 0.6) is 0 Å². The van der Waals surface area contributed by atoms with E-state index in [1.807, 2.05) is 6.92 Å². The van der Waals surface area contributed by atoms with E-state index in [0.717, 1.165) is 12.8 Å². The summed E-state index contributed by atoms with van der Waals surface area (Å²) in [6, 6.07) is -0.190. The first kappa shape index (κ1) is 11.4. The molecule has 1 N–H and O–H groups in total. The van der Waals surface area contributed by atoms with Crippen molar-refractivity contribution in [3.05, 3.63) is 0 Å². The summed E-state index contributed by atoms with van der Waals surface area (Å²) in [5.74, 6) is -0.0356.